The third kappa shape index (κ3) is 3.91. The first-order valence-corrected chi connectivity index (χ1v) is 9.10. The normalized spacial score (nSPS) is 10.7. The van der Waals surface area contributed by atoms with Crippen molar-refractivity contribution in [1.29, 1.82) is 0 Å². The summed E-state index contributed by atoms with van der Waals surface area (Å²) in [6.07, 6.45) is 1.54. The lowest BCUT2D eigenvalue weighted by Gasteiger charge is -2.18. The van der Waals surface area contributed by atoms with Crippen molar-refractivity contribution < 1.29 is 14.0 Å². The minimum atomic E-state index is -0.684. The number of nitro benzene ring substituents is 1. The van der Waals surface area contributed by atoms with Crippen LogP contribution in [0.15, 0.2) is 79.0 Å². The minimum absolute atomic E-state index is 0.0643. The molecule has 0 unspecified atom stereocenters. The number of nitro groups is 1. The topological polar surface area (TPSA) is 65.3 Å². The van der Waals surface area contributed by atoms with Crippen LogP contribution in [0, 0.1) is 15.9 Å². The Morgan fingerprint density at radius 1 is 1.00 bits per heavy atom. The fourth-order valence-electron chi connectivity index (χ4n) is 3.18. The molecule has 0 aliphatic carbocycles. The second-order valence-electron chi connectivity index (χ2n) is 6.35. The van der Waals surface area contributed by atoms with Crippen LogP contribution in [-0.4, -0.2) is 16.8 Å². The number of non-ortho nitro benzene ring substituents is 1. The van der Waals surface area contributed by atoms with Gasteiger partial charge in [0.05, 0.1) is 10.3 Å². The largest absolute Gasteiger partial charge is 0.550 e. The lowest BCUT2D eigenvalue weighted by Crippen LogP contribution is -2.47. The van der Waals surface area contributed by atoms with E-state index in [4.69, 9.17) is 16.3 Å². The molecule has 29 heavy (non-hydrogen) atoms. The molecule has 0 aliphatic rings. The zero-order valence-corrected chi connectivity index (χ0v) is 15.7. The molecule has 0 atom stereocenters. The van der Waals surface area contributed by atoms with Gasteiger partial charge in [-0.15, -0.1) is 0 Å². The number of halogens is 2. The maximum absolute atomic E-state index is 13.9. The van der Waals surface area contributed by atoms with Gasteiger partial charge in [0.15, 0.2) is 0 Å². The van der Waals surface area contributed by atoms with Crippen LogP contribution >= 0.6 is 11.6 Å². The van der Waals surface area contributed by atoms with Gasteiger partial charge >= 0.3 is 6.92 Å². The van der Waals surface area contributed by atoms with E-state index in [1.54, 1.807) is 42.5 Å². The van der Waals surface area contributed by atoms with E-state index in [1.165, 1.54) is 30.5 Å². The summed E-state index contributed by atoms with van der Waals surface area (Å²) >= 11 is 6.14. The van der Waals surface area contributed by atoms with Crippen molar-refractivity contribution in [1.82, 2.24) is 4.98 Å². The molecule has 4 aromatic rings. The predicted molar refractivity (Wildman–Crippen MR) is 112 cm³/mol. The molecule has 0 aliphatic heterocycles. The van der Waals surface area contributed by atoms with E-state index in [1.807, 2.05) is 6.07 Å². The van der Waals surface area contributed by atoms with Crippen LogP contribution in [0.2, 0.25) is 5.02 Å². The van der Waals surface area contributed by atoms with Crippen molar-refractivity contribution in [2.45, 2.75) is 0 Å². The second-order valence-corrected chi connectivity index (χ2v) is 6.78. The summed E-state index contributed by atoms with van der Waals surface area (Å²) in [5.41, 5.74) is 1.58. The van der Waals surface area contributed by atoms with Crippen LogP contribution in [0.25, 0.3) is 10.9 Å². The van der Waals surface area contributed by atoms with E-state index in [0.717, 1.165) is 0 Å². The third-order valence-corrected chi connectivity index (χ3v) is 4.69. The molecule has 142 valence electrons. The van der Waals surface area contributed by atoms with Crippen molar-refractivity contribution >= 4 is 46.0 Å². The number of benzene rings is 3. The highest BCUT2D eigenvalue weighted by Gasteiger charge is 2.26. The maximum atomic E-state index is 13.9. The van der Waals surface area contributed by atoms with Gasteiger partial charge in [0.1, 0.15) is 17.1 Å². The molecule has 0 bridgehead atoms. The van der Waals surface area contributed by atoms with E-state index in [9.17, 15) is 14.5 Å². The van der Waals surface area contributed by atoms with Gasteiger partial charge in [-0.1, -0.05) is 35.9 Å². The summed E-state index contributed by atoms with van der Waals surface area (Å²) in [5, 5.41) is 12.2. The summed E-state index contributed by atoms with van der Waals surface area (Å²) in [4.78, 5) is 15.2. The van der Waals surface area contributed by atoms with Crippen LogP contribution in [0.5, 0.6) is 5.75 Å². The number of hydrogen-bond acceptors (Lipinski definition) is 4. The Balaban J connectivity index is 1.85. The fourth-order valence-corrected chi connectivity index (χ4v) is 3.38. The Morgan fingerprint density at radius 3 is 2.48 bits per heavy atom. The average molecular weight is 407 g/mol. The van der Waals surface area contributed by atoms with E-state index < -0.39 is 17.7 Å². The quantitative estimate of drug-likeness (QED) is 0.284. The number of nitrogens with zero attached hydrogens (tertiary/aromatic N) is 2. The summed E-state index contributed by atoms with van der Waals surface area (Å²) < 4.78 is 20.1. The fraction of sp³-hybridized carbons (Fsp3) is 0. The number of rotatable bonds is 5. The third-order valence-electron chi connectivity index (χ3n) is 4.45. The standard InChI is InChI=1S/C21H13BClFN2O3/c23-16-6-1-4-14(12-16)22(15-5-2-7-17(24)13-15)29-20-10-9-19(26(27)28)18-8-3-11-25-21(18)20/h1-13H. The SMILES string of the molecule is O=[N+]([O-])c1ccc(OB(c2cccc(F)c2)c2cccc(Cl)c2)c2ncccc12. The average Bonchev–Trinajstić information content (AvgIpc) is 2.71. The highest BCUT2D eigenvalue weighted by molar-refractivity contribution is 6.80. The molecule has 0 spiro atoms. The Bertz CT molecular complexity index is 1180. The van der Waals surface area contributed by atoms with Gasteiger partial charge in [-0.05, 0) is 53.4 Å². The lowest BCUT2D eigenvalue weighted by molar-refractivity contribution is -0.383. The van der Waals surface area contributed by atoms with Crippen molar-refractivity contribution in [2.75, 3.05) is 0 Å². The second kappa shape index (κ2) is 7.89. The van der Waals surface area contributed by atoms with Crippen molar-refractivity contribution in [3.63, 3.8) is 0 Å². The van der Waals surface area contributed by atoms with Gasteiger partial charge in [0.2, 0.25) is 0 Å². The highest BCUT2D eigenvalue weighted by Crippen LogP contribution is 2.31. The molecular weight excluding hydrogens is 394 g/mol. The Kier molecular flexibility index (Phi) is 5.14. The van der Waals surface area contributed by atoms with E-state index >= 15 is 0 Å². The molecule has 1 aromatic heterocycles. The Labute approximate surface area is 171 Å². The molecule has 3 aromatic carbocycles. The molecule has 0 amide bonds. The number of aromatic nitrogens is 1. The molecule has 0 saturated heterocycles. The zero-order chi connectivity index (χ0) is 20.4. The van der Waals surface area contributed by atoms with Gasteiger partial charge in [0.25, 0.3) is 5.69 Å². The van der Waals surface area contributed by atoms with Gasteiger partial charge in [-0.25, -0.2) is 4.39 Å². The molecule has 0 saturated carbocycles. The van der Waals surface area contributed by atoms with Crippen molar-refractivity contribution in [2.24, 2.45) is 0 Å². The molecule has 0 N–H and O–H groups in total. The number of pyridine rings is 1. The Morgan fingerprint density at radius 2 is 1.76 bits per heavy atom. The van der Waals surface area contributed by atoms with Crippen LogP contribution < -0.4 is 15.6 Å². The van der Waals surface area contributed by atoms with Crippen LogP contribution in [-0.2, 0) is 0 Å². The first kappa shape index (κ1) is 18.9. The van der Waals surface area contributed by atoms with Crippen molar-refractivity contribution in [3.8, 4) is 5.75 Å². The smallest absolute Gasteiger partial charge is 0.426 e. The lowest BCUT2D eigenvalue weighted by atomic mass is 9.55. The van der Waals surface area contributed by atoms with E-state index in [-0.39, 0.29) is 5.69 Å². The number of fused-ring (bicyclic) bond motifs is 1. The molecule has 1 heterocycles. The van der Waals surface area contributed by atoms with Gasteiger partial charge < -0.3 is 4.65 Å². The number of hydrogen-bond donors (Lipinski definition) is 0. The highest BCUT2D eigenvalue weighted by atomic mass is 35.5. The van der Waals surface area contributed by atoms with Crippen LogP contribution in [0.3, 0.4) is 0 Å². The van der Waals surface area contributed by atoms with Gasteiger partial charge in [0, 0.05) is 17.3 Å². The molecular formula is C21H13BClFN2O3. The van der Waals surface area contributed by atoms with E-state index in [0.29, 0.717) is 32.6 Å². The molecule has 4 rings (SSSR count). The molecule has 5 nitrogen and oxygen atoms in total. The molecule has 0 radical (unpaired) electrons. The molecule has 8 heteroatoms. The first-order valence-electron chi connectivity index (χ1n) is 8.72. The Hall–Kier alpha value is -3.45. The van der Waals surface area contributed by atoms with E-state index in [2.05, 4.69) is 4.98 Å². The zero-order valence-electron chi connectivity index (χ0n) is 15.0. The summed E-state index contributed by atoms with van der Waals surface area (Å²) in [7, 11) is 0. The summed E-state index contributed by atoms with van der Waals surface area (Å²) in [6.45, 7) is -0.684. The van der Waals surface area contributed by atoms with Gasteiger partial charge in [-0.2, -0.15) is 0 Å². The van der Waals surface area contributed by atoms with Crippen molar-refractivity contribution in [3.05, 3.63) is 99.9 Å². The maximum Gasteiger partial charge on any atom is 0.426 e. The minimum Gasteiger partial charge on any atom is -0.550 e. The van der Waals surface area contributed by atoms with Gasteiger partial charge in [-0.3, -0.25) is 15.1 Å². The summed E-state index contributed by atoms with van der Waals surface area (Å²) in [6, 6.07) is 19.3. The first-order chi connectivity index (χ1) is 14.0. The predicted octanol–water partition coefficient (Wildman–Crippen LogP) is 4.12. The monoisotopic (exact) mass is 406 g/mol. The van der Waals surface area contributed by atoms with Crippen LogP contribution in [0.4, 0.5) is 10.1 Å². The summed E-state index contributed by atoms with van der Waals surface area (Å²) in [5.74, 6) is -0.0507. The van der Waals surface area contributed by atoms with Crippen LogP contribution in [0.1, 0.15) is 0 Å². The molecule has 0 fully saturated rings.